The van der Waals surface area contributed by atoms with Gasteiger partial charge in [0.15, 0.2) is 0 Å². The predicted molar refractivity (Wildman–Crippen MR) is 77.3 cm³/mol. The molecule has 100 valence electrons. The molecule has 1 heterocycles. The van der Waals surface area contributed by atoms with Gasteiger partial charge in [0.25, 0.3) is 0 Å². The van der Waals surface area contributed by atoms with E-state index in [4.69, 9.17) is 11.1 Å². The zero-order valence-corrected chi connectivity index (χ0v) is 12.0. The standard InChI is InChI=1S/C14H24N4/c1-9(2)8-11(4)18(5)14-12(13(15)16)10(3)6-7-17-14/h6-7,9,11H,8H2,1-5H3,(H3,15,16). The molecule has 0 saturated carbocycles. The van der Waals surface area contributed by atoms with Gasteiger partial charge in [-0.05, 0) is 37.8 Å². The Bertz CT molecular complexity index is 426. The molecule has 1 unspecified atom stereocenters. The van der Waals surface area contributed by atoms with Crippen LogP contribution < -0.4 is 10.6 Å². The van der Waals surface area contributed by atoms with Gasteiger partial charge in [-0.15, -0.1) is 0 Å². The third-order valence-electron chi connectivity index (χ3n) is 3.22. The molecule has 0 bridgehead atoms. The molecule has 0 aliphatic carbocycles. The van der Waals surface area contributed by atoms with Crippen LogP contribution in [0.15, 0.2) is 12.3 Å². The van der Waals surface area contributed by atoms with E-state index >= 15 is 0 Å². The number of anilines is 1. The summed E-state index contributed by atoms with van der Waals surface area (Å²) in [7, 11) is 2.02. The fourth-order valence-electron chi connectivity index (χ4n) is 2.19. The third kappa shape index (κ3) is 3.22. The van der Waals surface area contributed by atoms with Gasteiger partial charge in [0.1, 0.15) is 11.7 Å². The van der Waals surface area contributed by atoms with Crippen LogP contribution >= 0.6 is 0 Å². The van der Waals surface area contributed by atoms with Crippen LogP contribution in [-0.2, 0) is 0 Å². The fraction of sp³-hybridized carbons (Fsp3) is 0.571. The van der Waals surface area contributed by atoms with Crippen LogP contribution in [0.5, 0.6) is 0 Å². The van der Waals surface area contributed by atoms with E-state index in [-0.39, 0.29) is 5.84 Å². The fourth-order valence-corrected chi connectivity index (χ4v) is 2.19. The van der Waals surface area contributed by atoms with Gasteiger partial charge in [-0.2, -0.15) is 0 Å². The van der Waals surface area contributed by atoms with E-state index in [1.807, 2.05) is 20.0 Å². The van der Waals surface area contributed by atoms with Crippen molar-refractivity contribution in [3.05, 3.63) is 23.4 Å². The first-order chi connectivity index (χ1) is 8.34. The topological polar surface area (TPSA) is 66.0 Å². The number of nitrogens with zero attached hydrogens (tertiary/aromatic N) is 2. The maximum Gasteiger partial charge on any atom is 0.139 e. The molecular formula is C14H24N4. The van der Waals surface area contributed by atoms with E-state index in [1.54, 1.807) is 6.20 Å². The Morgan fingerprint density at radius 1 is 1.44 bits per heavy atom. The Balaban J connectivity index is 3.09. The van der Waals surface area contributed by atoms with Crippen molar-refractivity contribution in [3.63, 3.8) is 0 Å². The van der Waals surface area contributed by atoms with Crippen LogP contribution in [0, 0.1) is 18.3 Å². The summed E-state index contributed by atoms with van der Waals surface area (Å²) in [6, 6.07) is 2.26. The maximum atomic E-state index is 7.70. The van der Waals surface area contributed by atoms with Crippen LogP contribution in [0.25, 0.3) is 0 Å². The summed E-state index contributed by atoms with van der Waals surface area (Å²) in [5.41, 5.74) is 7.41. The number of nitrogen functional groups attached to an aromatic ring is 1. The van der Waals surface area contributed by atoms with Crippen LogP contribution in [0.2, 0.25) is 0 Å². The van der Waals surface area contributed by atoms with Crippen molar-refractivity contribution in [2.24, 2.45) is 11.7 Å². The van der Waals surface area contributed by atoms with E-state index in [9.17, 15) is 0 Å². The molecule has 1 aromatic heterocycles. The van der Waals surface area contributed by atoms with Crippen molar-refractivity contribution >= 4 is 11.7 Å². The van der Waals surface area contributed by atoms with Crippen molar-refractivity contribution < 1.29 is 0 Å². The molecular weight excluding hydrogens is 224 g/mol. The molecule has 1 atom stereocenters. The predicted octanol–water partition coefficient (Wildman–Crippen LogP) is 2.54. The third-order valence-corrected chi connectivity index (χ3v) is 3.22. The summed E-state index contributed by atoms with van der Waals surface area (Å²) in [6.07, 6.45) is 2.86. The van der Waals surface area contributed by atoms with E-state index in [0.717, 1.165) is 23.4 Å². The van der Waals surface area contributed by atoms with E-state index < -0.39 is 0 Å². The van der Waals surface area contributed by atoms with E-state index in [1.165, 1.54) is 0 Å². The number of aromatic nitrogens is 1. The van der Waals surface area contributed by atoms with Crippen molar-refractivity contribution in [3.8, 4) is 0 Å². The second-order valence-corrected chi connectivity index (χ2v) is 5.33. The highest BCUT2D eigenvalue weighted by Crippen LogP contribution is 2.23. The Morgan fingerprint density at radius 2 is 2.06 bits per heavy atom. The number of hydrogen-bond acceptors (Lipinski definition) is 3. The van der Waals surface area contributed by atoms with Crippen molar-refractivity contribution in [1.29, 1.82) is 5.41 Å². The number of amidine groups is 1. The number of nitrogens with two attached hydrogens (primary N) is 1. The lowest BCUT2D eigenvalue weighted by molar-refractivity contribution is 0.502. The quantitative estimate of drug-likeness (QED) is 0.621. The first kappa shape index (κ1) is 14.5. The van der Waals surface area contributed by atoms with Gasteiger partial charge < -0.3 is 10.6 Å². The van der Waals surface area contributed by atoms with E-state index in [2.05, 4.69) is 30.7 Å². The smallest absolute Gasteiger partial charge is 0.139 e. The monoisotopic (exact) mass is 248 g/mol. The molecule has 18 heavy (non-hydrogen) atoms. The highest BCUT2D eigenvalue weighted by molar-refractivity contribution is 6.01. The average Bonchev–Trinajstić information content (AvgIpc) is 2.26. The lowest BCUT2D eigenvalue weighted by atomic mass is 10.0. The summed E-state index contributed by atoms with van der Waals surface area (Å²) in [5.74, 6) is 1.52. The number of pyridine rings is 1. The molecule has 0 amide bonds. The van der Waals surface area contributed by atoms with Gasteiger partial charge in [0, 0.05) is 19.3 Å². The van der Waals surface area contributed by atoms with Gasteiger partial charge in [0.05, 0.1) is 5.56 Å². The Labute approximate surface area is 110 Å². The average molecular weight is 248 g/mol. The lowest BCUT2D eigenvalue weighted by Gasteiger charge is -2.29. The zero-order valence-electron chi connectivity index (χ0n) is 12.0. The molecule has 0 aliphatic heterocycles. The molecule has 0 aliphatic rings. The van der Waals surface area contributed by atoms with Crippen LogP contribution in [0.1, 0.15) is 38.3 Å². The normalized spacial score (nSPS) is 12.6. The van der Waals surface area contributed by atoms with Gasteiger partial charge in [-0.1, -0.05) is 13.8 Å². The highest BCUT2D eigenvalue weighted by Gasteiger charge is 2.18. The molecule has 1 rings (SSSR count). The summed E-state index contributed by atoms with van der Waals surface area (Å²) < 4.78 is 0. The largest absolute Gasteiger partial charge is 0.384 e. The molecule has 0 radical (unpaired) electrons. The molecule has 0 fully saturated rings. The molecule has 0 saturated heterocycles. The molecule has 4 heteroatoms. The SMILES string of the molecule is Cc1ccnc(N(C)C(C)CC(C)C)c1C(=N)N. The Morgan fingerprint density at radius 3 is 2.56 bits per heavy atom. The first-order valence-electron chi connectivity index (χ1n) is 6.37. The molecule has 4 nitrogen and oxygen atoms in total. The van der Waals surface area contributed by atoms with Crippen LogP contribution in [-0.4, -0.2) is 23.9 Å². The highest BCUT2D eigenvalue weighted by atomic mass is 15.2. The molecule has 0 spiro atoms. The Kier molecular flexibility index (Phi) is 4.70. The summed E-state index contributed by atoms with van der Waals surface area (Å²) in [5, 5.41) is 7.70. The van der Waals surface area contributed by atoms with Crippen molar-refractivity contribution in [1.82, 2.24) is 4.98 Å². The Hall–Kier alpha value is -1.58. The summed E-state index contributed by atoms with van der Waals surface area (Å²) >= 11 is 0. The van der Waals surface area contributed by atoms with Crippen LogP contribution in [0.3, 0.4) is 0 Å². The first-order valence-corrected chi connectivity index (χ1v) is 6.37. The number of hydrogen-bond donors (Lipinski definition) is 2. The minimum atomic E-state index is 0.0826. The summed E-state index contributed by atoms with van der Waals surface area (Å²) in [4.78, 5) is 6.51. The molecule has 3 N–H and O–H groups in total. The minimum Gasteiger partial charge on any atom is -0.384 e. The molecule has 1 aromatic rings. The lowest BCUT2D eigenvalue weighted by Crippen LogP contribution is -2.33. The zero-order chi connectivity index (χ0) is 13.9. The van der Waals surface area contributed by atoms with Crippen LogP contribution in [0.4, 0.5) is 5.82 Å². The number of nitrogens with one attached hydrogen (secondary N) is 1. The summed E-state index contributed by atoms with van der Waals surface area (Å²) in [6.45, 7) is 8.55. The number of rotatable bonds is 5. The van der Waals surface area contributed by atoms with Gasteiger partial charge >= 0.3 is 0 Å². The van der Waals surface area contributed by atoms with E-state index in [0.29, 0.717) is 12.0 Å². The second-order valence-electron chi connectivity index (χ2n) is 5.33. The van der Waals surface area contributed by atoms with Gasteiger partial charge in [-0.25, -0.2) is 4.98 Å². The number of aryl methyl sites for hydroxylation is 1. The van der Waals surface area contributed by atoms with Crippen molar-refractivity contribution in [2.45, 2.75) is 40.2 Å². The van der Waals surface area contributed by atoms with Gasteiger partial charge in [0.2, 0.25) is 0 Å². The van der Waals surface area contributed by atoms with Crippen molar-refractivity contribution in [2.75, 3.05) is 11.9 Å². The maximum absolute atomic E-state index is 7.70. The minimum absolute atomic E-state index is 0.0826. The molecule has 0 aromatic carbocycles. The second kappa shape index (κ2) is 5.85. The van der Waals surface area contributed by atoms with Gasteiger partial charge in [-0.3, -0.25) is 5.41 Å².